The standard InChI is InChI=1S/C14H25N.C2H6/c1-5-6-12-10(2)7-8-13-11(3)15(4)9-14(12)13;1-2/h11,13-14H,5-9H2,1-4H3;1-2H3. The Kier molecular flexibility index (Phi) is 5.72. The van der Waals surface area contributed by atoms with Gasteiger partial charge in [-0.2, -0.15) is 0 Å². The molecule has 0 amide bonds. The van der Waals surface area contributed by atoms with Crippen molar-refractivity contribution in [3.8, 4) is 0 Å². The van der Waals surface area contributed by atoms with Crippen molar-refractivity contribution in [1.29, 1.82) is 0 Å². The molecule has 1 heteroatoms. The highest BCUT2D eigenvalue weighted by Crippen LogP contribution is 2.44. The highest BCUT2D eigenvalue weighted by molar-refractivity contribution is 5.23. The number of likely N-dealkylation sites (tertiary alicyclic amines) is 1. The normalized spacial score (nSPS) is 33.2. The summed E-state index contributed by atoms with van der Waals surface area (Å²) in [4.78, 5) is 2.56. The quantitative estimate of drug-likeness (QED) is 0.640. The Balaban J connectivity index is 0.000000686. The zero-order valence-electron chi connectivity index (χ0n) is 12.7. The molecule has 1 aliphatic carbocycles. The monoisotopic (exact) mass is 237 g/mol. The first kappa shape index (κ1) is 14.8. The molecule has 1 nitrogen and oxygen atoms in total. The van der Waals surface area contributed by atoms with Crippen LogP contribution in [0.2, 0.25) is 0 Å². The van der Waals surface area contributed by atoms with Crippen LogP contribution in [0.1, 0.15) is 60.3 Å². The minimum atomic E-state index is 0.801. The first-order valence-corrected chi connectivity index (χ1v) is 7.54. The molecule has 2 rings (SSSR count). The first-order chi connectivity index (χ1) is 8.15. The Morgan fingerprint density at radius 1 is 1.29 bits per heavy atom. The van der Waals surface area contributed by atoms with E-state index in [0.717, 1.165) is 17.9 Å². The molecule has 1 saturated heterocycles. The van der Waals surface area contributed by atoms with E-state index in [-0.39, 0.29) is 0 Å². The van der Waals surface area contributed by atoms with E-state index in [2.05, 4.69) is 32.7 Å². The summed E-state index contributed by atoms with van der Waals surface area (Å²) < 4.78 is 0. The lowest BCUT2D eigenvalue weighted by Gasteiger charge is -2.31. The molecule has 1 heterocycles. The molecule has 0 aromatic rings. The second kappa shape index (κ2) is 6.58. The fourth-order valence-corrected chi connectivity index (χ4v) is 3.61. The van der Waals surface area contributed by atoms with Gasteiger partial charge in [0, 0.05) is 12.6 Å². The molecule has 100 valence electrons. The molecule has 0 bridgehead atoms. The van der Waals surface area contributed by atoms with Gasteiger partial charge in [0.25, 0.3) is 0 Å². The van der Waals surface area contributed by atoms with Gasteiger partial charge >= 0.3 is 0 Å². The third-order valence-corrected chi connectivity index (χ3v) is 4.68. The van der Waals surface area contributed by atoms with Gasteiger partial charge in [0.2, 0.25) is 0 Å². The Labute approximate surface area is 108 Å². The van der Waals surface area contributed by atoms with Gasteiger partial charge in [0.15, 0.2) is 0 Å². The van der Waals surface area contributed by atoms with E-state index >= 15 is 0 Å². The number of hydrogen-bond donors (Lipinski definition) is 0. The molecule has 0 aromatic carbocycles. The fraction of sp³-hybridized carbons (Fsp3) is 0.875. The van der Waals surface area contributed by atoms with Crippen molar-refractivity contribution in [2.75, 3.05) is 13.6 Å². The summed E-state index contributed by atoms with van der Waals surface area (Å²) in [6, 6.07) is 0.801. The Morgan fingerprint density at radius 3 is 2.53 bits per heavy atom. The SMILES string of the molecule is CC.CCCC1=C(C)CCC2C1CN(C)C2C. The number of nitrogens with zero attached hydrogens (tertiary/aromatic N) is 1. The van der Waals surface area contributed by atoms with Crippen LogP contribution in [0.5, 0.6) is 0 Å². The molecule has 17 heavy (non-hydrogen) atoms. The maximum absolute atomic E-state index is 2.56. The van der Waals surface area contributed by atoms with E-state index in [4.69, 9.17) is 0 Å². The van der Waals surface area contributed by atoms with Gasteiger partial charge in [0.05, 0.1) is 0 Å². The summed E-state index contributed by atoms with van der Waals surface area (Å²) >= 11 is 0. The average Bonchev–Trinajstić information content (AvgIpc) is 2.63. The van der Waals surface area contributed by atoms with Crippen LogP contribution in [0.4, 0.5) is 0 Å². The minimum Gasteiger partial charge on any atom is -0.303 e. The summed E-state index contributed by atoms with van der Waals surface area (Å²) in [5, 5.41) is 0. The molecule has 1 aliphatic heterocycles. The van der Waals surface area contributed by atoms with Crippen LogP contribution in [0, 0.1) is 11.8 Å². The third-order valence-electron chi connectivity index (χ3n) is 4.68. The molecule has 0 radical (unpaired) electrons. The van der Waals surface area contributed by atoms with Gasteiger partial charge < -0.3 is 4.90 Å². The van der Waals surface area contributed by atoms with Crippen LogP contribution in [0.3, 0.4) is 0 Å². The molecule has 1 fully saturated rings. The largest absolute Gasteiger partial charge is 0.303 e. The van der Waals surface area contributed by atoms with E-state index in [1.807, 2.05) is 19.4 Å². The maximum atomic E-state index is 2.56. The van der Waals surface area contributed by atoms with E-state index in [0.29, 0.717) is 0 Å². The van der Waals surface area contributed by atoms with Gasteiger partial charge in [-0.25, -0.2) is 0 Å². The van der Waals surface area contributed by atoms with Crippen LogP contribution < -0.4 is 0 Å². The molecule has 3 atom stereocenters. The van der Waals surface area contributed by atoms with Gasteiger partial charge in [-0.15, -0.1) is 0 Å². The van der Waals surface area contributed by atoms with Crippen molar-refractivity contribution in [3.05, 3.63) is 11.1 Å². The zero-order valence-corrected chi connectivity index (χ0v) is 12.7. The predicted octanol–water partition coefficient (Wildman–Crippen LogP) is 4.49. The van der Waals surface area contributed by atoms with E-state index in [1.54, 1.807) is 5.57 Å². The fourth-order valence-electron chi connectivity index (χ4n) is 3.61. The molecular formula is C16H31N. The third kappa shape index (κ3) is 2.93. The van der Waals surface area contributed by atoms with Gasteiger partial charge in [-0.1, -0.05) is 38.3 Å². The van der Waals surface area contributed by atoms with Gasteiger partial charge in [0.1, 0.15) is 0 Å². The first-order valence-electron chi connectivity index (χ1n) is 7.54. The zero-order chi connectivity index (χ0) is 13.0. The minimum absolute atomic E-state index is 0.801. The maximum Gasteiger partial charge on any atom is 0.00987 e. The van der Waals surface area contributed by atoms with Crippen molar-refractivity contribution in [3.63, 3.8) is 0 Å². The molecule has 0 spiro atoms. The highest BCUT2D eigenvalue weighted by atomic mass is 15.2. The van der Waals surface area contributed by atoms with Crippen LogP contribution >= 0.6 is 0 Å². The lowest BCUT2D eigenvalue weighted by molar-refractivity contribution is 0.279. The Hall–Kier alpha value is -0.300. The number of fused-ring (bicyclic) bond motifs is 1. The Bertz CT molecular complexity index is 267. The van der Waals surface area contributed by atoms with Crippen molar-refractivity contribution in [1.82, 2.24) is 4.90 Å². The van der Waals surface area contributed by atoms with E-state index in [9.17, 15) is 0 Å². The predicted molar refractivity (Wildman–Crippen MR) is 77.3 cm³/mol. The van der Waals surface area contributed by atoms with Crippen molar-refractivity contribution >= 4 is 0 Å². The van der Waals surface area contributed by atoms with Gasteiger partial charge in [-0.3, -0.25) is 0 Å². The van der Waals surface area contributed by atoms with Crippen LogP contribution in [0.15, 0.2) is 11.1 Å². The van der Waals surface area contributed by atoms with Crippen molar-refractivity contribution < 1.29 is 0 Å². The van der Waals surface area contributed by atoms with Crippen LogP contribution in [-0.4, -0.2) is 24.5 Å². The second-order valence-corrected chi connectivity index (χ2v) is 5.54. The number of allylic oxidation sites excluding steroid dienone is 1. The molecule has 0 aromatic heterocycles. The molecule has 0 saturated carbocycles. The summed E-state index contributed by atoms with van der Waals surface area (Å²) in [7, 11) is 2.29. The number of hydrogen-bond acceptors (Lipinski definition) is 1. The van der Waals surface area contributed by atoms with Gasteiger partial charge in [-0.05, 0) is 52.0 Å². The summed E-state index contributed by atoms with van der Waals surface area (Å²) in [5.41, 5.74) is 3.52. The van der Waals surface area contributed by atoms with Crippen molar-refractivity contribution in [2.24, 2.45) is 11.8 Å². The van der Waals surface area contributed by atoms with Crippen LogP contribution in [0.25, 0.3) is 0 Å². The summed E-state index contributed by atoms with van der Waals surface area (Å²) in [6.45, 7) is 12.4. The number of rotatable bonds is 2. The smallest absolute Gasteiger partial charge is 0.00987 e. The van der Waals surface area contributed by atoms with E-state index < -0.39 is 0 Å². The molecule has 3 unspecified atom stereocenters. The molecule has 2 aliphatic rings. The average molecular weight is 237 g/mol. The lowest BCUT2D eigenvalue weighted by Crippen LogP contribution is -2.27. The highest BCUT2D eigenvalue weighted by Gasteiger charge is 2.40. The topological polar surface area (TPSA) is 3.24 Å². The van der Waals surface area contributed by atoms with Crippen molar-refractivity contribution in [2.45, 2.75) is 66.3 Å². The lowest BCUT2D eigenvalue weighted by atomic mass is 9.74. The summed E-state index contributed by atoms with van der Waals surface area (Å²) in [5.74, 6) is 1.83. The second-order valence-electron chi connectivity index (χ2n) is 5.54. The molecular weight excluding hydrogens is 206 g/mol. The van der Waals surface area contributed by atoms with E-state index in [1.165, 1.54) is 32.2 Å². The summed E-state index contributed by atoms with van der Waals surface area (Å²) in [6.07, 6.45) is 5.44. The van der Waals surface area contributed by atoms with Crippen LogP contribution in [-0.2, 0) is 0 Å². The Morgan fingerprint density at radius 2 is 1.94 bits per heavy atom. The molecule has 0 N–H and O–H groups in total.